The van der Waals surface area contributed by atoms with Crippen molar-refractivity contribution < 1.29 is 14.6 Å². The van der Waals surface area contributed by atoms with E-state index in [1.54, 1.807) is 13.2 Å². The van der Waals surface area contributed by atoms with Gasteiger partial charge in [-0.05, 0) is 61.6 Å². The van der Waals surface area contributed by atoms with Gasteiger partial charge >= 0.3 is 5.97 Å². The summed E-state index contributed by atoms with van der Waals surface area (Å²) in [4.78, 5) is 11.4. The third-order valence-electron chi connectivity index (χ3n) is 3.97. The Balaban J connectivity index is 2.76. The van der Waals surface area contributed by atoms with Gasteiger partial charge in [-0.25, -0.2) is 4.79 Å². The molecule has 21 heavy (non-hydrogen) atoms. The Hall–Kier alpha value is -2.29. The van der Waals surface area contributed by atoms with E-state index in [-0.39, 0.29) is 0 Å². The van der Waals surface area contributed by atoms with E-state index in [1.807, 2.05) is 45.9 Å². The van der Waals surface area contributed by atoms with Gasteiger partial charge in [0.1, 0.15) is 5.75 Å². The first-order valence-electron chi connectivity index (χ1n) is 6.86. The third kappa shape index (κ3) is 2.64. The van der Waals surface area contributed by atoms with Gasteiger partial charge in [-0.3, -0.25) is 0 Å². The molecule has 0 atom stereocenters. The van der Waals surface area contributed by atoms with E-state index in [0.29, 0.717) is 5.56 Å². The van der Waals surface area contributed by atoms with Gasteiger partial charge in [0.05, 0.1) is 12.7 Å². The van der Waals surface area contributed by atoms with Crippen LogP contribution in [0.1, 0.15) is 32.6 Å². The molecule has 0 saturated heterocycles. The van der Waals surface area contributed by atoms with Crippen molar-refractivity contribution in [2.75, 3.05) is 7.11 Å². The highest BCUT2D eigenvalue weighted by Gasteiger charge is 2.16. The van der Waals surface area contributed by atoms with Crippen molar-refractivity contribution in [1.82, 2.24) is 0 Å². The van der Waals surface area contributed by atoms with E-state index in [2.05, 4.69) is 0 Å². The van der Waals surface area contributed by atoms with Gasteiger partial charge in [-0.2, -0.15) is 0 Å². The van der Waals surface area contributed by atoms with E-state index in [1.165, 1.54) is 0 Å². The summed E-state index contributed by atoms with van der Waals surface area (Å²) in [7, 11) is 1.65. The van der Waals surface area contributed by atoms with Gasteiger partial charge in [0, 0.05) is 5.56 Å². The number of hydrogen-bond donors (Lipinski definition) is 1. The highest BCUT2D eigenvalue weighted by molar-refractivity contribution is 5.92. The number of methoxy groups -OCH3 is 1. The highest BCUT2D eigenvalue weighted by atomic mass is 16.5. The fraction of sp³-hybridized carbons (Fsp3) is 0.278. The predicted octanol–water partition coefficient (Wildman–Crippen LogP) is 4.29. The minimum atomic E-state index is -0.906. The molecular weight excluding hydrogens is 264 g/mol. The molecule has 3 heteroatoms. The molecule has 2 aromatic rings. The van der Waals surface area contributed by atoms with Gasteiger partial charge < -0.3 is 9.84 Å². The van der Waals surface area contributed by atoms with Crippen molar-refractivity contribution in [2.45, 2.75) is 27.7 Å². The van der Waals surface area contributed by atoms with Crippen molar-refractivity contribution in [3.63, 3.8) is 0 Å². The average Bonchev–Trinajstić information content (AvgIpc) is 2.42. The van der Waals surface area contributed by atoms with Gasteiger partial charge in [-0.1, -0.05) is 18.2 Å². The summed E-state index contributed by atoms with van der Waals surface area (Å²) in [6.07, 6.45) is 0. The zero-order chi connectivity index (χ0) is 15.7. The van der Waals surface area contributed by atoms with Gasteiger partial charge in [-0.15, -0.1) is 0 Å². The summed E-state index contributed by atoms with van der Waals surface area (Å²) >= 11 is 0. The van der Waals surface area contributed by atoms with Gasteiger partial charge in [0.15, 0.2) is 0 Å². The lowest BCUT2D eigenvalue weighted by Crippen LogP contribution is -2.02. The molecule has 1 N–H and O–H groups in total. The number of carboxylic acids is 1. The largest absolute Gasteiger partial charge is 0.496 e. The second-order valence-electron chi connectivity index (χ2n) is 5.38. The molecule has 0 spiro atoms. The second kappa shape index (κ2) is 5.60. The van der Waals surface area contributed by atoms with E-state index >= 15 is 0 Å². The Morgan fingerprint density at radius 2 is 1.62 bits per heavy atom. The van der Waals surface area contributed by atoms with Crippen LogP contribution in [-0.2, 0) is 0 Å². The van der Waals surface area contributed by atoms with Crippen LogP contribution in [0.3, 0.4) is 0 Å². The zero-order valence-electron chi connectivity index (χ0n) is 13.1. The summed E-state index contributed by atoms with van der Waals surface area (Å²) in [5, 5.41) is 9.32. The summed E-state index contributed by atoms with van der Waals surface area (Å²) in [6.45, 7) is 7.85. The molecule has 2 rings (SSSR count). The molecule has 0 aromatic heterocycles. The summed E-state index contributed by atoms with van der Waals surface area (Å²) in [6, 6.07) is 7.67. The SMILES string of the molecule is COc1c(-c2cc(C(=O)O)c(C)cc2C)ccc(C)c1C. The summed E-state index contributed by atoms with van der Waals surface area (Å²) < 4.78 is 5.55. The van der Waals surface area contributed by atoms with Crippen molar-refractivity contribution in [3.05, 3.63) is 52.1 Å². The van der Waals surface area contributed by atoms with Crippen LogP contribution in [0.15, 0.2) is 24.3 Å². The quantitative estimate of drug-likeness (QED) is 0.914. The van der Waals surface area contributed by atoms with Crippen LogP contribution < -0.4 is 4.74 Å². The number of benzene rings is 2. The van der Waals surface area contributed by atoms with Gasteiger partial charge in [0.2, 0.25) is 0 Å². The molecule has 0 aliphatic carbocycles. The zero-order valence-corrected chi connectivity index (χ0v) is 13.1. The van der Waals surface area contributed by atoms with Crippen LogP contribution in [0.5, 0.6) is 5.75 Å². The topological polar surface area (TPSA) is 46.5 Å². The summed E-state index contributed by atoms with van der Waals surface area (Å²) in [5.74, 6) is -0.102. The molecule has 0 radical (unpaired) electrons. The van der Waals surface area contributed by atoms with Crippen molar-refractivity contribution in [1.29, 1.82) is 0 Å². The number of aromatic carboxylic acids is 1. The normalized spacial score (nSPS) is 10.5. The van der Waals surface area contributed by atoms with Crippen LogP contribution in [0.25, 0.3) is 11.1 Å². The molecule has 0 fully saturated rings. The first kappa shape index (κ1) is 15.1. The molecule has 0 heterocycles. The first-order valence-corrected chi connectivity index (χ1v) is 6.86. The number of hydrogen-bond acceptors (Lipinski definition) is 2. The molecule has 0 saturated carbocycles. The van der Waals surface area contributed by atoms with Crippen LogP contribution >= 0.6 is 0 Å². The van der Waals surface area contributed by atoms with Crippen LogP contribution in [0.2, 0.25) is 0 Å². The Labute approximate surface area is 125 Å². The fourth-order valence-electron chi connectivity index (χ4n) is 2.64. The Morgan fingerprint density at radius 3 is 2.19 bits per heavy atom. The minimum absolute atomic E-state index is 0.330. The molecule has 0 aliphatic rings. The van der Waals surface area contributed by atoms with Crippen LogP contribution in [0, 0.1) is 27.7 Å². The standard InChI is InChI=1S/C18H20O3/c1-10-6-7-14(17(21-5)13(10)4)15-9-16(18(19)20)12(3)8-11(15)2/h6-9H,1-5H3,(H,19,20). The van der Waals surface area contributed by atoms with E-state index < -0.39 is 5.97 Å². The summed E-state index contributed by atoms with van der Waals surface area (Å²) in [5.41, 5.74) is 6.20. The molecule has 0 unspecified atom stereocenters. The Morgan fingerprint density at radius 1 is 0.952 bits per heavy atom. The first-order chi connectivity index (χ1) is 9.86. The molecule has 0 bridgehead atoms. The molecule has 0 amide bonds. The third-order valence-corrected chi connectivity index (χ3v) is 3.97. The Kier molecular flexibility index (Phi) is 4.03. The van der Waals surface area contributed by atoms with E-state index in [9.17, 15) is 9.90 Å². The number of carboxylic acid groups (broad SMARTS) is 1. The molecule has 110 valence electrons. The van der Waals surface area contributed by atoms with Crippen LogP contribution in [0.4, 0.5) is 0 Å². The Bertz CT molecular complexity index is 715. The van der Waals surface area contributed by atoms with Crippen molar-refractivity contribution in [2.24, 2.45) is 0 Å². The molecule has 0 aliphatic heterocycles. The average molecular weight is 284 g/mol. The monoisotopic (exact) mass is 284 g/mol. The predicted molar refractivity (Wildman–Crippen MR) is 84.3 cm³/mol. The minimum Gasteiger partial charge on any atom is -0.496 e. The van der Waals surface area contributed by atoms with Crippen LogP contribution in [-0.4, -0.2) is 18.2 Å². The van der Waals surface area contributed by atoms with Gasteiger partial charge in [0.25, 0.3) is 0 Å². The van der Waals surface area contributed by atoms with E-state index in [0.717, 1.165) is 39.1 Å². The maximum absolute atomic E-state index is 11.4. The molecular formula is C18H20O3. The molecule has 2 aromatic carbocycles. The second-order valence-corrected chi connectivity index (χ2v) is 5.38. The highest BCUT2D eigenvalue weighted by Crippen LogP contribution is 2.37. The number of aryl methyl sites for hydroxylation is 3. The number of carbonyl (C=O) groups is 1. The number of ether oxygens (including phenoxy) is 1. The smallest absolute Gasteiger partial charge is 0.335 e. The van der Waals surface area contributed by atoms with Crippen molar-refractivity contribution in [3.8, 4) is 16.9 Å². The lowest BCUT2D eigenvalue weighted by Gasteiger charge is -2.16. The fourth-order valence-corrected chi connectivity index (χ4v) is 2.64. The number of rotatable bonds is 3. The molecule has 3 nitrogen and oxygen atoms in total. The maximum atomic E-state index is 11.4. The maximum Gasteiger partial charge on any atom is 0.335 e. The lowest BCUT2D eigenvalue weighted by atomic mass is 9.92. The van der Waals surface area contributed by atoms with E-state index in [4.69, 9.17) is 4.74 Å². The lowest BCUT2D eigenvalue weighted by molar-refractivity contribution is 0.0696. The van der Waals surface area contributed by atoms with Crippen molar-refractivity contribution >= 4 is 5.97 Å².